The van der Waals surface area contributed by atoms with Gasteiger partial charge in [0.1, 0.15) is 11.6 Å². The number of nitrogens with zero attached hydrogens (tertiary/aromatic N) is 2. The van der Waals surface area contributed by atoms with E-state index in [2.05, 4.69) is 25.8 Å². The minimum Gasteiger partial charge on any atom is -0.494 e. The van der Waals surface area contributed by atoms with Crippen molar-refractivity contribution in [1.29, 1.82) is 0 Å². The van der Waals surface area contributed by atoms with E-state index in [9.17, 15) is 9.59 Å². The normalized spacial score (nSPS) is 10.5. The SMILES string of the molecule is CCOc1ccc(NC(=O)CSc2n[nH]c(CNC(=O)c3ccc(Cl)cc3)n2)cc1. The lowest BCUT2D eigenvalue weighted by molar-refractivity contribution is -0.113. The Kier molecular flexibility index (Phi) is 7.69. The van der Waals surface area contributed by atoms with Crippen LogP contribution in [0.1, 0.15) is 23.1 Å². The second kappa shape index (κ2) is 10.7. The summed E-state index contributed by atoms with van der Waals surface area (Å²) in [6, 6.07) is 13.7. The lowest BCUT2D eigenvalue weighted by atomic mass is 10.2. The number of amides is 2. The predicted octanol–water partition coefficient (Wildman–Crippen LogP) is 3.52. The molecule has 2 aromatic carbocycles. The quantitative estimate of drug-likeness (QED) is 0.435. The number of H-pyrrole nitrogens is 1. The van der Waals surface area contributed by atoms with Gasteiger partial charge in [-0.2, -0.15) is 0 Å². The zero-order chi connectivity index (χ0) is 21.3. The second-order valence-corrected chi connectivity index (χ2v) is 7.43. The number of rotatable bonds is 9. The first-order valence-electron chi connectivity index (χ1n) is 9.14. The fraction of sp³-hybridized carbons (Fsp3) is 0.200. The summed E-state index contributed by atoms with van der Waals surface area (Å²) in [7, 11) is 0. The molecule has 0 unspecified atom stereocenters. The lowest BCUT2D eigenvalue weighted by Crippen LogP contribution is -2.23. The van der Waals surface area contributed by atoms with Gasteiger partial charge in [-0.05, 0) is 55.5 Å². The van der Waals surface area contributed by atoms with Crippen molar-refractivity contribution in [3.63, 3.8) is 0 Å². The number of aromatic nitrogens is 3. The van der Waals surface area contributed by atoms with Crippen LogP contribution in [-0.4, -0.2) is 39.4 Å². The largest absolute Gasteiger partial charge is 0.494 e. The summed E-state index contributed by atoms with van der Waals surface area (Å²) in [5.74, 6) is 0.980. The molecule has 0 aliphatic rings. The fourth-order valence-corrected chi connectivity index (χ4v) is 3.16. The number of ether oxygens (including phenoxy) is 1. The van der Waals surface area contributed by atoms with Crippen molar-refractivity contribution >= 4 is 40.9 Å². The molecule has 30 heavy (non-hydrogen) atoms. The summed E-state index contributed by atoms with van der Waals surface area (Å²) >= 11 is 7.01. The lowest BCUT2D eigenvalue weighted by Gasteiger charge is -2.06. The predicted molar refractivity (Wildman–Crippen MR) is 116 cm³/mol. The summed E-state index contributed by atoms with van der Waals surface area (Å²) in [5.41, 5.74) is 1.18. The molecule has 3 N–H and O–H groups in total. The molecule has 0 bridgehead atoms. The third-order valence-corrected chi connectivity index (χ3v) is 4.91. The van der Waals surface area contributed by atoms with Crippen LogP contribution >= 0.6 is 23.4 Å². The van der Waals surface area contributed by atoms with Crippen LogP contribution in [0.25, 0.3) is 0 Å². The van der Waals surface area contributed by atoms with E-state index >= 15 is 0 Å². The maximum Gasteiger partial charge on any atom is 0.251 e. The first-order valence-corrected chi connectivity index (χ1v) is 10.5. The second-order valence-electron chi connectivity index (χ2n) is 6.05. The molecule has 3 rings (SSSR count). The monoisotopic (exact) mass is 445 g/mol. The molecule has 0 spiro atoms. The van der Waals surface area contributed by atoms with Gasteiger partial charge >= 0.3 is 0 Å². The van der Waals surface area contributed by atoms with E-state index in [4.69, 9.17) is 16.3 Å². The molecule has 0 fully saturated rings. The number of carbonyl (C=O) groups is 2. The van der Waals surface area contributed by atoms with E-state index in [1.807, 2.05) is 6.92 Å². The molecule has 0 aliphatic carbocycles. The van der Waals surface area contributed by atoms with Crippen molar-refractivity contribution < 1.29 is 14.3 Å². The molecule has 0 aliphatic heterocycles. The first-order chi connectivity index (χ1) is 14.5. The molecular weight excluding hydrogens is 426 g/mol. The zero-order valence-corrected chi connectivity index (χ0v) is 17.7. The number of thioether (sulfide) groups is 1. The molecule has 2 amide bonds. The van der Waals surface area contributed by atoms with E-state index in [1.165, 1.54) is 11.8 Å². The van der Waals surface area contributed by atoms with Gasteiger partial charge in [0.2, 0.25) is 11.1 Å². The Hall–Kier alpha value is -3.04. The zero-order valence-electron chi connectivity index (χ0n) is 16.1. The van der Waals surface area contributed by atoms with Crippen LogP contribution < -0.4 is 15.4 Å². The van der Waals surface area contributed by atoms with Crippen molar-refractivity contribution in [2.24, 2.45) is 0 Å². The van der Waals surface area contributed by atoms with Gasteiger partial charge in [0.05, 0.1) is 18.9 Å². The van der Waals surface area contributed by atoms with Gasteiger partial charge in [-0.3, -0.25) is 14.7 Å². The molecule has 1 aromatic heterocycles. The van der Waals surface area contributed by atoms with Gasteiger partial charge in [0, 0.05) is 16.3 Å². The minimum absolute atomic E-state index is 0.154. The number of hydrogen-bond donors (Lipinski definition) is 3. The molecule has 1 heterocycles. The van der Waals surface area contributed by atoms with Gasteiger partial charge in [-0.1, -0.05) is 23.4 Å². The molecule has 0 atom stereocenters. The Morgan fingerprint density at radius 1 is 1.13 bits per heavy atom. The Balaban J connectivity index is 1.43. The molecule has 156 valence electrons. The molecule has 3 aromatic rings. The number of aromatic amines is 1. The van der Waals surface area contributed by atoms with Crippen molar-refractivity contribution in [3.8, 4) is 5.75 Å². The molecule has 10 heteroatoms. The van der Waals surface area contributed by atoms with E-state index in [1.54, 1.807) is 48.5 Å². The summed E-state index contributed by atoms with van der Waals surface area (Å²) in [4.78, 5) is 28.5. The topological polar surface area (TPSA) is 109 Å². The van der Waals surface area contributed by atoms with Gasteiger partial charge in [0.25, 0.3) is 5.91 Å². The third-order valence-electron chi connectivity index (χ3n) is 3.82. The minimum atomic E-state index is -0.244. The van der Waals surface area contributed by atoms with Gasteiger partial charge < -0.3 is 15.4 Å². The molecule has 0 radical (unpaired) electrons. The first kappa shape index (κ1) is 21.7. The van der Waals surface area contributed by atoms with Crippen LogP contribution in [0.4, 0.5) is 5.69 Å². The molecular formula is C20H20ClN5O3S. The number of anilines is 1. The highest BCUT2D eigenvalue weighted by atomic mass is 35.5. The average molecular weight is 446 g/mol. The van der Waals surface area contributed by atoms with E-state index in [-0.39, 0.29) is 24.1 Å². The Morgan fingerprint density at radius 3 is 2.57 bits per heavy atom. The summed E-state index contributed by atoms with van der Waals surface area (Å²) in [6.07, 6.45) is 0. The van der Waals surface area contributed by atoms with Crippen molar-refractivity contribution in [3.05, 3.63) is 64.9 Å². The van der Waals surface area contributed by atoms with Crippen LogP contribution in [-0.2, 0) is 11.3 Å². The Labute approximate surface area is 182 Å². The fourth-order valence-electron chi connectivity index (χ4n) is 2.42. The van der Waals surface area contributed by atoms with Crippen LogP contribution in [0.3, 0.4) is 0 Å². The Bertz CT molecular complexity index is 992. The number of halogens is 1. The van der Waals surface area contributed by atoms with Gasteiger partial charge in [-0.25, -0.2) is 4.98 Å². The van der Waals surface area contributed by atoms with Crippen LogP contribution in [0, 0.1) is 0 Å². The van der Waals surface area contributed by atoms with Crippen molar-refractivity contribution in [2.75, 3.05) is 17.7 Å². The number of hydrogen-bond acceptors (Lipinski definition) is 6. The number of carbonyl (C=O) groups excluding carboxylic acids is 2. The maximum absolute atomic E-state index is 12.1. The summed E-state index contributed by atoms with van der Waals surface area (Å²) in [6.45, 7) is 2.69. The Morgan fingerprint density at radius 2 is 1.87 bits per heavy atom. The van der Waals surface area contributed by atoms with E-state index in [0.717, 1.165) is 5.75 Å². The van der Waals surface area contributed by atoms with Crippen molar-refractivity contribution in [2.45, 2.75) is 18.6 Å². The van der Waals surface area contributed by atoms with Crippen LogP contribution in [0.15, 0.2) is 53.7 Å². The summed E-state index contributed by atoms with van der Waals surface area (Å²) in [5, 5.41) is 13.3. The summed E-state index contributed by atoms with van der Waals surface area (Å²) < 4.78 is 5.37. The van der Waals surface area contributed by atoms with Gasteiger partial charge in [-0.15, -0.1) is 5.10 Å². The highest BCUT2D eigenvalue weighted by molar-refractivity contribution is 7.99. The highest BCUT2D eigenvalue weighted by Gasteiger charge is 2.10. The maximum atomic E-state index is 12.1. The third kappa shape index (κ3) is 6.50. The van der Waals surface area contributed by atoms with E-state index < -0.39 is 0 Å². The number of nitrogens with one attached hydrogen (secondary N) is 3. The standard InChI is InChI=1S/C20H20ClN5O3S/c1-2-29-16-9-7-15(8-10-16)23-18(27)12-30-20-24-17(25-26-20)11-22-19(28)13-3-5-14(21)6-4-13/h3-10H,2,11-12H2,1H3,(H,22,28)(H,23,27)(H,24,25,26). The number of benzene rings is 2. The molecule has 0 saturated heterocycles. The average Bonchev–Trinajstić information content (AvgIpc) is 3.21. The van der Waals surface area contributed by atoms with Crippen molar-refractivity contribution in [1.82, 2.24) is 20.5 Å². The van der Waals surface area contributed by atoms with Crippen LogP contribution in [0.2, 0.25) is 5.02 Å². The van der Waals surface area contributed by atoms with Gasteiger partial charge in [0.15, 0.2) is 0 Å². The van der Waals surface area contributed by atoms with Crippen LogP contribution in [0.5, 0.6) is 5.75 Å². The smallest absolute Gasteiger partial charge is 0.251 e. The molecule has 8 nitrogen and oxygen atoms in total. The molecule has 0 saturated carbocycles. The highest BCUT2D eigenvalue weighted by Crippen LogP contribution is 2.17. The van der Waals surface area contributed by atoms with E-state index in [0.29, 0.717) is 33.9 Å².